The lowest BCUT2D eigenvalue weighted by Gasteiger charge is -2.32. The Morgan fingerprint density at radius 2 is 1.94 bits per heavy atom. The van der Waals surface area contributed by atoms with Crippen LogP contribution in [0.4, 0.5) is 5.82 Å². The summed E-state index contributed by atoms with van der Waals surface area (Å²) in [5.41, 5.74) is 5.06. The zero-order valence-corrected chi connectivity index (χ0v) is 18.3. The predicted octanol–water partition coefficient (Wildman–Crippen LogP) is 3.74. The highest BCUT2D eigenvalue weighted by Crippen LogP contribution is 2.32. The molecule has 0 spiro atoms. The van der Waals surface area contributed by atoms with Crippen LogP contribution in [0.25, 0.3) is 5.52 Å². The van der Waals surface area contributed by atoms with E-state index in [1.807, 2.05) is 23.0 Å². The number of nitrogens with one attached hydrogen (secondary N) is 1. The van der Waals surface area contributed by atoms with Crippen molar-refractivity contribution in [3.8, 4) is 0 Å². The lowest BCUT2D eigenvalue weighted by atomic mass is 9.94. The van der Waals surface area contributed by atoms with Crippen LogP contribution < -0.4 is 10.2 Å². The normalized spacial score (nSPS) is 18.0. The molecular weight excluding hydrogens is 386 g/mol. The van der Waals surface area contributed by atoms with Gasteiger partial charge in [0.15, 0.2) is 5.82 Å². The molecule has 1 aromatic carbocycles. The Morgan fingerprint density at radius 1 is 1.16 bits per heavy atom. The fourth-order valence-electron chi connectivity index (χ4n) is 5.03. The standard InChI is InChI=1S/C25H31N5O/c1-18(19-7-3-2-4-8-19)17-27-25(31)20-11-14-29(15-12-20)24-23-21-9-5-6-10-22(21)28-30(23)16-13-26-24/h2-4,7-8,13,16,18,20H,5-6,9-12,14-15,17H2,1H3,(H,27,31)/t18-/m0/s1. The van der Waals surface area contributed by atoms with Gasteiger partial charge >= 0.3 is 0 Å². The molecule has 2 aromatic heterocycles. The van der Waals surface area contributed by atoms with Gasteiger partial charge in [-0.05, 0) is 50.0 Å². The van der Waals surface area contributed by atoms with Crippen molar-refractivity contribution in [1.82, 2.24) is 19.9 Å². The molecular formula is C25H31N5O. The van der Waals surface area contributed by atoms with E-state index in [1.165, 1.54) is 35.2 Å². The molecule has 1 N–H and O–H groups in total. The molecule has 6 heteroatoms. The van der Waals surface area contributed by atoms with Gasteiger partial charge in [-0.15, -0.1) is 0 Å². The van der Waals surface area contributed by atoms with Crippen molar-refractivity contribution in [3.05, 3.63) is 59.5 Å². The van der Waals surface area contributed by atoms with Gasteiger partial charge in [0.25, 0.3) is 0 Å². The summed E-state index contributed by atoms with van der Waals surface area (Å²) in [4.78, 5) is 19.9. The number of anilines is 1. The third-order valence-corrected chi connectivity index (χ3v) is 6.91. The molecule has 1 aliphatic carbocycles. The number of benzene rings is 1. The van der Waals surface area contributed by atoms with Crippen molar-refractivity contribution < 1.29 is 4.79 Å². The Bertz CT molecular complexity index is 1050. The van der Waals surface area contributed by atoms with E-state index >= 15 is 0 Å². The number of rotatable bonds is 5. The summed E-state index contributed by atoms with van der Waals surface area (Å²) < 4.78 is 2.02. The van der Waals surface area contributed by atoms with Gasteiger partial charge in [-0.3, -0.25) is 4.79 Å². The second-order valence-corrected chi connectivity index (χ2v) is 8.99. The first-order chi connectivity index (χ1) is 15.2. The van der Waals surface area contributed by atoms with E-state index in [0.717, 1.165) is 44.6 Å². The predicted molar refractivity (Wildman–Crippen MR) is 122 cm³/mol. The van der Waals surface area contributed by atoms with Crippen LogP contribution in [-0.2, 0) is 17.6 Å². The Balaban J connectivity index is 1.22. The molecule has 5 rings (SSSR count). The summed E-state index contributed by atoms with van der Waals surface area (Å²) in [6, 6.07) is 10.4. The van der Waals surface area contributed by atoms with E-state index in [0.29, 0.717) is 12.5 Å². The van der Waals surface area contributed by atoms with Crippen molar-refractivity contribution >= 4 is 17.2 Å². The summed E-state index contributed by atoms with van der Waals surface area (Å²) in [5, 5.41) is 7.99. The monoisotopic (exact) mass is 417 g/mol. The third kappa shape index (κ3) is 4.03. The van der Waals surface area contributed by atoms with Crippen LogP contribution in [0, 0.1) is 5.92 Å². The molecule has 31 heavy (non-hydrogen) atoms. The molecule has 3 heterocycles. The van der Waals surface area contributed by atoms with Crippen LogP contribution in [0.5, 0.6) is 0 Å². The number of carbonyl (C=O) groups is 1. The Morgan fingerprint density at radius 3 is 2.74 bits per heavy atom. The molecule has 1 atom stereocenters. The summed E-state index contributed by atoms with van der Waals surface area (Å²) >= 11 is 0. The van der Waals surface area contributed by atoms with Gasteiger partial charge in [-0.25, -0.2) is 9.50 Å². The summed E-state index contributed by atoms with van der Waals surface area (Å²) in [6.45, 7) is 4.57. The average molecular weight is 418 g/mol. The van der Waals surface area contributed by atoms with Crippen molar-refractivity contribution in [2.75, 3.05) is 24.5 Å². The fraction of sp³-hybridized carbons (Fsp3) is 0.480. The highest BCUT2D eigenvalue weighted by atomic mass is 16.1. The van der Waals surface area contributed by atoms with Crippen LogP contribution in [-0.4, -0.2) is 40.1 Å². The van der Waals surface area contributed by atoms with E-state index < -0.39 is 0 Å². The molecule has 0 bridgehead atoms. The zero-order valence-electron chi connectivity index (χ0n) is 18.3. The fourth-order valence-corrected chi connectivity index (χ4v) is 5.03. The second kappa shape index (κ2) is 8.69. The molecule has 6 nitrogen and oxygen atoms in total. The number of hydrogen-bond acceptors (Lipinski definition) is 4. The molecule has 1 aliphatic heterocycles. The van der Waals surface area contributed by atoms with Crippen LogP contribution in [0.2, 0.25) is 0 Å². The van der Waals surface area contributed by atoms with Crippen molar-refractivity contribution in [2.24, 2.45) is 5.92 Å². The minimum atomic E-state index is 0.0813. The van der Waals surface area contributed by atoms with Gasteiger partial charge in [-0.2, -0.15) is 5.10 Å². The highest BCUT2D eigenvalue weighted by Gasteiger charge is 2.28. The number of hydrogen-bond donors (Lipinski definition) is 1. The SMILES string of the molecule is C[C@@H](CNC(=O)C1CCN(c2nccn3nc4c(c23)CCCC4)CC1)c1ccccc1. The van der Waals surface area contributed by atoms with Crippen LogP contribution in [0.15, 0.2) is 42.7 Å². The van der Waals surface area contributed by atoms with Crippen LogP contribution in [0.1, 0.15) is 55.3 Å². The molecule has 0 radical (unpaired) electrons. The molecule has 0 unspecified atom stereocenters. The maximum Gasteiger partial charge on any atom is 0.223 e. The number of nitrogens with zero attached hydrogens (tertiary/aromatic N) is 4. The molecule has 3 aromatic rings. The Kier molecular flexibility index (Phi) is 5.62. The second-order valence-electron chi connectivity index (χ2n) is 8.99. The maximum absolute atomic E-state index is 12.8. The van der Waals surface area contributed by atoms with Gasteiger partial charge in [0.1, 0.15) is 5.52 Å². The van der Waals surface area contributed by atoms with Gasteiger partial charge in [0.05, 0.1) is 5.69 Å². The molecule has 0 saturated carbocycles. The lowest BCUT2D eigenvalue weighted by molar-refractivity contribution is -0.125. The van der Waals surface area contributed by atoms with Crippen molar-refractivity contribution in [3.63, 3.8) is 0 Å². The number of fused-ring (bicyclic) bond motifs is 3. The lowest BCUT2D eigenvalue weighted by Crippen LogP contribution is -2.41. The molecule has 1 saturated heterocycles. The average Bonchev–Trinajstić information content (AvgIpc) is 3.22. The molecule has 1 fully saturated rings. The first-order valence-corrected chi connectivity index (χ1v) is 11.6. The van der Waals surface area contributed by atoms with E-state index in [-0.39, 0.29) is 11.8 Å². The van der Waals surface area contributed by atoms with E-state index in [4.69, 9.17) is 10.1 Å². The molecule has 1 amide bonds. The summed E-state index contributed by atoms with van der Waals surface area (Å²) in [5.74, 6) is 1.63. The van der Waals surface area contributed by atoms with Gasteiger partial charge in [0, 0.05) is 43.5 Å². The molecule has 2 aliphatic rings. The topological polar surface area (TPSA) is 62.5 Å². The zero-order chi connectivity index (χ0) is 21.2. The quantitative estimate of drug-likeness (QED) is 0.687. The Labute approximate surface area is 183 Å². The van der Waals surface area contributed by atoms with E-state index in [2.05, 4.69) is 41.4 Å². The number of aromatic nitrogens is 3. The number of carbonyl (C=O) groups excluding carboxylic acids is 1. The maximum atomic E-state index is 12.8. The summed E-state index contributed by atoms with van der Waals surface area (Å²) in [6.07, 6.45) is 10.2. The Hall–Kier alpha value is -2.89. The number of aryl methyl sites for hydroxylation is 2. The first-order valence-electron chi connectivity index (χ1n) is 11.6. The van der Waals surface area contributed by atoms with Crippen molar-refractivity contribution in [2.45, 2.75) is 51.4 Å². The van der Waals surface area contributed by atoms with E-state index in [9.17, 15) is 4.79 Å². The van der Waals surface area contributed by atoms with Crippen LogP contribution >= 0.6 is 0 Å². The minimum Gasteiger partial charge on any atom is -0.355 e. The van der Waals surface area contributed by atoms with Gasteiger partial charge in [0.2, 0.25) is 5.91 Å². The van der Waals surface area contributed by atoms with Gasteiger partial charge < -0.3 is 10.2 Å². The smallest absolute Gasteiger partial charge is 0.223 e. The van der Waals surface area contributed by atoms with Crippen molar-refractivity contribution in [1.29, 1.82) is 0 Å². The summed E-state index contributed by atoms with van der Waals surface area (Å²) in [7, 11) is 0. The first kappa shape index (κ1) is 20.0. The largest absolute Gasteiger partial charge is 0.355 e. The van der Waals surface area contributed by atoms with E-state index in [1.54, 1.807) is 0 Å². The van der Waals surface area contributed by atoms with Crippen LogP contribution in [0.3, 0.4) is 0 Å². The molecule has 162 valence electrons. The van der Waals surface area contributed by atoms with Gasteiger partial charge in [-0.1, -0.05) is 37.3 Å². The number of amides is 1. The number of piperidine rings is 1. The highest BCUT2D eigenvalue weighted by molar-refractivity contribution is 5.79. The third-order valence-electron chi connectivity index (χ3n) is 6.91. The minimum absolute atomic E-state index is 0.0813.